The number of halogens is 1. The van der Waals surface area contributed by atoms with Crippen LogP contribution in [0.4, 0.5) is 10.1 Å². The maximum atomic E-state index is 13.2. The second-order valence-electron chi connectivity index (χ2n) is 6.34. The number of carbonyl (C=O) groups excluding carboxylic acids is 1. The van der Waals surface area contributed by atoms with Gasteiger partial charge in [-0.3, -0.25) is 9.48 Å². The Morgan fingerprint density at radius 3 is 2.62 bits per heavy atom. The molecule has 1 saturated carbocycles. The highest BCUT2D eigenvalue weighted by atomic mass is 19.1. The molecular formula is C18H23FN4O. The van der Waals surface area contributed by atoms with Crippen LogP contribution in [0.15, 0.2) is 36.5 Å². The van der Waals surface area contributed by atoms with Gasteiger partial charge in [0, 0.05) is 24.8 Å². The predicted octanol–water partition coefficient (Wildman–Crippen LogP) is 3.02. The number of hydrogen-bond acceptors (Lipinski definition) is 3. The maximum absolute atomic E-state index is 13.2. The summed E-state index contributed by atoms with van der Waals surface area (Å²) in [6, 6.07) is 8.78. The summed E-state index contributed by atoms with van der Waals surface area (Å²) in [6.45, 7) is 1.05. The van der Waals surface area contributed by atoms with Gasteiger partial charge in [0.2, 0.25) is 5.91 Å². The molecule has 0 spiro atoms. The summed E-state index contributed by atoms with van der Waals surface area (Å²) in [5.41, 5.74) is 7.07. The first-order chi connectivity index (χ1) is 11.6. The van der Waals surface area contributed by atoms with Crippen molar-refractivity contribution in [2.75, 3.05) is 11.4 Å². The van der Waals surface area contributed by atoms with Crippen molar-refractivity contribution < 1.29 is 9.18 Å². The first-order valence-corrected chi connectivity index (χ1v) is 8.44. The van der Waals surface area contributed by atoms with Crippen molar-refractivity contribution in [1.29, 1.82) is 0 Å². The van der Waals surface area contributed by atoms with Crippen LogP contribution in [0.5, 0.6) is 0 Å². The molecule has 1 aliphatic rings. The van der Waals surface area contributed by atoms with Gasteiger partial charge in [0.05, 0.1) is 18.3 Å². The molecule has 0 bridgehead atoms. The van der Waals surface area contributed by atoms with Gasteiger partial charge in [-0.2, -0.15) is 5.10 Å². The van der Waals surface area contributed by atoms with Crippen LogP contribution in [0.3, 0.4) is 0 Å². The third-order valence-electron chi connectivity index (χ3n) is 4.54. The van der Waals surface area contributed by atoms with E-state index in [1.807, 2.05) is 17.2 Å². The molecule has 128 valence electrons. The third-order valence-corrected chi connectivity index (χ3v) is 4.54. The highest BCUT2D eigenvalue weighted by molar-refractivity contribution is 5.74. The van der Waals surface area contributed by atoms with E-state index in [0.29, 0.717) is 19.1 Å². The van der Waals surface area contributed by atoms with Crippen LogP contribution in [-0.2, 0) is 11.3 Å². The van der Waals surface area contributed by atoms with Crippen LogP contribution in [0, 0.1) is 5.82 Å². The molecule has 24 heavy (non-hydrogen) atoms. The fraction of sp³-hybridized carbons (Fsp3) is 0.444. The first-order valence-electron chi connectivity index (χ1n) is 8.44. The van der Waals surface area contributed by atoms with Gasteiger partial charge in [-0.25, -0.2) is 4.39 Å². The lowest BCUT2D eigenvalue weighted by Gasteiger charge is -2.23. The van der Waals surface area contributed by atoms with Crippen molar-refractivity contribution in [3.05, 3.63) is 48.0 Å². The van der Waals surface area contributed by atoms with Gasteiger partial charge < -0.3 is 10.6 Å². The van der Waals surface area contributed by atoms with Gasteiger partial charge in [-0.1, -0.05) is 12.8 Å². The minimum atomic E-state index is -0.349. The number of rotatable bonds is 7. The van der Waals surface area contributed by atoms with Crippen molar-refractivity contribution in [2.24, 2.45) is 5.73 Å². The van der Waals surface area contributed by atoms with Crippen molar-refractivity contribution in [3.63, 3.8) is 0 Å². The Balaban J connectivity index is 1.73. The Labute approximate surface area is 141 Å². The molecule has 0 unspecified atom stereocenters. The van der Waals surface area contributed by atoms with E-state index >= 15 is 0 Å². The van der Waals surface area contributed by atoms with Gasteiger partial charge in [0.25, 0.3) is 0 Å². The Morgan fingerprint density at radius 2 is 1.96 bits per heavy atom. The topological polar surface area (TPSA) is 64.2 Å². The first kappa shape index (κ1) is 16.5. The van der Waals surface area contributed by atoms with Crippen LogP contribution in [0.1, 0.15) is 43.8 Å². The Bertz CT molecular complexity index is 677. The second-order valence-corrected chi connectivity index (χ2v) is 6.34. The zero-order valence-electron chi connectivity index (χ0n) is 13.7. The molecule has 3 rings (SSSR count). The Hall–Kier alpha value is -2.37. The zero-order valence-corrected chi connectivity index (χ0v) is 13.7. The molecule has 1 fully saturated rings. The minimum absolute atomic E-state index is 0.251. The molecule has 6 heteroatoms. The number of amides is 1. The highest BCUT2D eigenvalue weighted by Gasteiger charge is 2.18. The number of primary amides is 1. The predicted molar refractivity (Wildman–Crippen MR) is 91.0 cm³/mol. The van der Waals surface area contributed by atoms with Gasteiger partial charge in [-0.15, -0.1) is 0 Å². The fourth-order valence-corrected chi connectivity index (χ4v) is 3.23. The lowest BCUT2D eigenvalue weighted by molar-refractivity contribution is -0.117. The van der Waals surface area contributed by atoms with Crippen LogP contribution in [-0.4, -0.2) is 22.2 Å². The fourth-order valence-electron chi connectivity index (χ4n) is 3.23. The van der Waals surface area contributed by atoms with E-state index in [2.05, 4.69) is 9.78 Å². The summed E-state index contributed by atoms with van der Waals surface area (Å²) >= 11 is 0. The lowest BCUT2D eigenvalue weighted by Crippen LogP contribution is -2.28. The molecule has 2 aromatic rings. The van der Waals surface area contributed by atoms with E-state index in [4.69, 9.17) is 5.73 Å². The van der Waals surface area contributed by atoms with Gasteiger partial charge in [0.1, 0.15) is 5.82 Å². The van der Waals surface area contributed by atoms with Crippen LogP contribution in [0.25, 0.3) is 0 Å². The van der Waals surface area contributed by atoms with E-state index in [9.17, 15) is 9.18 Å². The van der Waals surface area contributed by atoms with Crippen LogP contribution in [0.2, 0.25) is 0 Å². The standard InChI is InChI=1S/C18H23FN4O/c19-14-5-7-16(8-6-14)22(11-10-18(20)24)13-15-9-12-23(21-15)17-3-1-2-4-17/h5-9,12,17H,1-4,10-11,13H2,(H2,20,24). The molecule has 0 aliphatic heterocycles. The number of carbonyl (C=O) groups is 1. The second kappa shape index (κ2) is 7.47. The average molecular weight is 330 g/mol. The van der Waals surface area contributed by atoms with E-state index in [1.165, 1.54) is 37.8 Å². The highest BCUT2D eigenvalue weighted by Crippen LogP contribution is 2.29. The number of nitrogens with zero attached hydrogens (tertiary/aromatic N) is 3. The summed E-state index contributed by atoms with van der Waals surface area (Å²) in [5, 5.41) is 4.69. The molecular weight excluding hydrogens is 307 g/mol. The maximum Gasteiger partial charge on any atom is 0.219 e. The molecule has 1 aromatic carbocycles. The zero-order chi connectivity index (χ0) is 16.9. The quantitative estimate of drug-likeness (QED) is 0.849. The summed E-state index contributed by atoms with van der Waals surface area (Å²) in [5.74, 6) is -0.627. The van der Waals surface area contributed by atoms with Gasteiger partial charge in [0.15, 0.2) is 0 Å². The SMILES string of the molecule is NC(=O)CCN(Cc1ccn(C2CCCC2)n1)c1ccc(F)cc1. The number of nitrogens with two attached hydrogens (primary N) is 1. The Kier molecular flexibility index (Phi) is 5.13. The molecule has 1 aromatic heterocycles. The molecule has 5 nitrogen and oxygen atoms in total. The van der Waals surface area contributed by atoms with Crippen molar-refractivity contribution >= 4 is 11.6 Å². The number of hydrogen-bond donors (Lipinski definition) is 1. The molecule has 0 saturated heterocycles. The molecule has 0 radical (unpaired) electrons. The molecule has 0 atom stereocenters. The third kappa shape index (κ3) is 4.13. The smallest absolute Gasteiger partial charge is 0.219 e. The molecule has 1 heterocycles. The minimum Gasteiger partial charge on any atom is -0.370 e. The normalized spacial score (nSPS) is 14.9. The molecule has 2 N–H and O–H groups in total. The molecule has 1 aliphatic carbocycles. The summed E-state index contributed by atoms with van der Waals surface area (Å²) in [7, 11) is 0. The lowest BCUT2D eigenvalue weighted by atomic mass is 10.2. The average Bonchev–Trinajstić information content (AvgIpc) is 3.23. The van der Waals surface area contributed by atoms with E-state index in [0.717, 1.165) is 11.4 Å². The number of aromatic nitrogens is 2. The van der Waals surface area contributed by atoms with E-state index < -0.39 is 0 Å². The van der Waals surface area contributed by atoms with Crippen molar-refractivity contribution in [3.8, 4) is 0 Å². The summed E-state index contributed by atoms with van der Waals surface area (Å²) < 4.78 is 15.2. The van der Waals surface area contributed by atoms with E-state index in [-0.39, 0.29) is 18.1 Å². The van der Waals surface area contributed by atoms with E-state index in [1.54, 1.807) is 12.1 Å². The van der Waals surface area contributed by atoms with Crippen LogP contribution >= 0.6 is 0 Å². The van der Waals surface area contributed by atoms with Crippen molar-refractivity contribution in [1.82, 2.24) is 9.78 Å². The number of benzene rings is 1. The summed E-state index contributed by atoms with van der Waals surface area (Å²) in [4.78, 5) is 13.1. The Morgan fingerprint density at radius 1 is 1.25 bits per heavy atom. The van der Waals surface area contributed by atoms with Gasteiger partial charge >= 0.3 is 0 Å². The number of anilines is 1. The summed E-state index contributed by atoms with van der Waals surface area (Å²) in [6.07, 6.45) is 7.18. The largest absolute Gasteiger partial charge is 0.370 e. The van der Waals surface area contributed by atoms with Crippen LogP contribution < -0.4 is 10.6 Å². The van der Waals surface area contributed by atoms with Crippen molar-refractivity contribution in [2.45, 2.75) is 44.7 Å². The monoisotopic (exact) mass is 330 g/mol. The van der Waals surface area contributed by atoms with Gasteiger partial charge in [-0.05, 0) is 43.2 Å². The molecule has 1 amide bonds.